The zero-order chi connectivity index (χ0) is 18.5. The first-order valence-electron chi connectivity index (χ1n) is 9.07. The molecule has 4 heteroatoms. The summed E-state index contributed by atoms with van der Waals surface area (Å²) in [6.07, 6.45) is 0. The molecule has 3 aromatic carbocycles. The van der Waals surface area contributed by atoms with Crippen LogP contribution in [0.1, 0.15) is 10.6 Å². The van der Waals surface area contributed by atoms with E-state index in [0.29, 0.717) is 0 Å². The highest BCUT2D eigenvalue weighted by molar-refractivity contribution is 7.19. The Bertz CT molecular complexity index is 1300. The van der Waals surface area contributed by atoms with Gasteiger partial charge < -0.3 is 0 Å². The van der Waals surface area contributed by atoms with Crippen LogP contribution in [0.2, 0.25) is 0 Å². The van der Waals surface area contributed by atoms with E-state index in [9.17, 15) is 0 Å². The van der Waals surface area contributed by atoms with Gasteiger partial charge in [-0.3, -0.25) is 0 Å². The van der Waals surface area contributed by atoms with Crippen LogP contribution in [0.4, 0.5) is 0 Å². The van der Waals surface area contributed by atoms with Crippen LogP contribution >= 0.6 is 11.3 Å². The van der Waals surface area contributed by atoms with Crippen LogP contribution in [0.5, 0.6) is 0 Å². The minimum atomic E-state index is 1.07. The van der Waals surface area contributed by atoms with Crippen molar-refractivity contribution in [2.75, 3.05) is 0 Å². The first-order chi connectivity index (χ1) is 13.1. The predicted octanol–water partition coefficient (Wildman–Crippen LogP) is 5.35. The Morgan fingerprint density at radius 2 is 1.63 bits per heavy atom. The molecule has 2 heterocycles. The van der Waals surface area contributed by atoms with Crippen molar-refractivity contribution in [2.24, 2.45) is 7.05 Å². The van der Waals surface area contributed by atoms with Crippen LogP contribution in [0.15, 0.2) is 66.7 Å². The Labute approximate surface area is 162 Å². The van der Waals surface area contributed by atoms with Crippen LogP contribution in [-0.4, -0.2) is 9.55 Å². The first-order valence-corrected chi connectivity index (χ1v) is 9.89. The average Bonchev–Trinajstić information content (AvgIpc) is 3.20. The van der Waals surface area contributed by atoms with Gasteiger partial charge in [-0.15, -0.1) is 11.3 Å². The summed E-state index contributed by atoms with van der Waals surface area (Å²) in [7, 11) is 2.16. The van der Waals surface area contributed by atoms with Gasteiger partial charge in [-0.05, 0) is 49.7 Å². The number of rotatable bonds is 2. The lowest BCUT2D eigenvalue weighted by Crippen LogP contribution is -2.30. The Hall–Kier alpha value is -2.98. The Morgan fingerprint density at radius 1 is 0.889 bits per heavy atom. The van der Waals surface area contributed by atoms with Crippen molar-refractivity contribution < 1.29 is 4.57 Å². The van der Waals surface area contributed by atoms with E-state index in [-0.39, 0.29) is 0 Å². The molecule has 0 N–H and O–H groups in total. The Morgan fingerprint density at radius 3 is 2.44 bits per heavy atom. The maximum absolute atomic E-state index is 4.73. The molecule has 5 rings (SSSR count). The molecule has 27 heavy (non-hydrogen) atoms. The highest BCUT2D eigenvalue weighted by Gasteiger charge is 2.29. The van der Waals surface area contributed by atoms with Crippen LogP contribution < -0.4 is 4.57 Å². The minimum Gasteiger partial charge on any atom is -0.241 e. The number of aryl methyl sites for hydroxylation is 3. The van der Waals surface area contributed by atoms with Gasteiger partial charge in [0.15, 0.2) is 11.0 Å². The fraction of sp³-hybridized carbons (Fsp3) is 0.130. The number of thiazole rings is 1. The number of para-hydroxylation sites is 3. The molecule has 0 radical (unpaired) electrons. The molecular weight excluding hydrogens is 350 g/mol. The standard InChI is InChI=1S/C23H20N3S/c1-15-13-14-18-22(27-16(2)24-18)21(15)23-25(3)19-11-7-8-12-20(19)26(23)17-9-5-4-6-10-17/h4-14H,1-3H3/q+1. The second-order valence-corrected chi connectivity index (χ2v) is 8.08. The summed E-state index contributed by atoms with van der Waals surface area (Å²) in [5.74, 6) is 1.19. The lowest BCUT2D eigenvalue weighted by Gasteiger charge is -2.07. The molecule has 0 bridgehead atoms. The number of nitrogens with zero attached hydrogens (tertiary/aromatic N) is 3. The van der Waals surface area contributed by atoms with E-state index in [1.54, 1.807) is 11.3 Å². The lowest BCUT2D eigenvalue weighted by molar-refractivity contribution is -0.633. The SMILES string of the molecule is Cc1nc2ccc(C)c(-c3n(-c4ccccc4)c4ccccc4[n+]3C)c2s1. The fourth-order valence-electron chi connectivity index (χ4n) is 3.91. The molecule has 0 aliphatic heterocycles. The molecule has 0 saturated carbocycles. The minimum absolute atomic E-state index is 1.07. The number of hydrogen-bond donors (Lipinski definition) is 0. The van der Waals surface area contributed by atoms with Gasteiger partial charge >= 0.3 is 0 Å². The van der Waals surface area contributed by atoms with Gasteiger partial charge in [0.2, 0.25) is 0 Å². The van der Waals surface area contributed by atoms with Crippen molar-refractivity contribution in [2.45, 2.75) is 13.8 Å². The summed E-state index contributed by atoms with van der Waals surface area (Å²) in [4.78, 5) is 4.73. The van der Waals surface area contributed by atoms with Crippen molar-refractivity contribution in [1.82, 2.24) is 9.55 Å². The second kappa shape index (κ2) is 6.03. The first kappa shape index (κ1) is 16.2. The number of aromatic nitrogens is 3. The number of hydrogen-bond acceptors (Lipinski definition) is 2. The van der Waals surface area contributed by atoms with Crippen LogP contribution in [0.25, 0.3) is 38.3 Å². The highest BCUT2D eigenvalue weighted by Crippen LogP contribution is 2.37. The van der Waals surface area contributed by atoms with Crippen LogP contribution in [0, 0.1) is 13.8 Å². The third-order valence-electron chi connectivity index (χ3n) is 5.12. The molecule has 5 aromatic rings. The molecule has 0 aliphatic rings. The van der Waals surface area contributed by atoms with Crippen molar-refractivity contribution in [1.29, 1.82) is 0 Å². The van der Waals surface area contributed by atoms with Gasteiger partial charge in [-0.2, -0.15) is 4.57 Å². The summed E-state index contributed by atoms with van der Waals surface area (Å²) in [5.41, 5.74) is 7.19. The average molecular weight is 371 g/mol. The van der Waals surface area contributed by atoms with Gasteiger partial charge in [0, 0.05) is 0 Å². The quantitative estimate of drug-likeness (QED) is 0.384. The van der Waals surface area contributed by atoms with E-state index in [4.69, 9.17) is 4.98 Å². The molecule has 3 nitrogen and oxygen atoms in total. The molecule has 2 aromatic heterocycles. The van der Waals surface area contributed by atoms with Gasteiger partial charge in [-0.25, -0.2) is 9.55 Å². The van der Waals surface area contributed by atoms with Crippen LogP contribution in [0.3, 0.4) is 0 Å². The predicted molar refractivity (Wildman–Crippen MR) is 113 cm³/mol. The van der Waals surface area contributed by atoms with E-state index in [2.05, 4.69) is 96.8 Å². The second-order valence-electron chi connectivity index (χ2n) is 6.88. The maximum Gasteiger partial charge on any atom is 0.296 e. The summed E-state index contributed by atoms with van der Waals surface area (Å²) in [5, 5.41) is 1.10. The Kier molecular flexibility index (Phi) is 3.62. The summed E-state index contributed by atoms with van der Waals surface area (Å²) < 4.78 is 5.92. The summed E-state index contributed by atoms with van der Waals surface area (Å²) in [6, 6.07) is 23.5. The molecule has 0 aliphatic carbocycles. The topological polar surface area (TPSA) is 21.7 Å². The van der Waals surface area contributed by atoms with Gasteiger partial charge in [0.25, 0.3) is 5.82 Å². The number of fused-ring (bicyclic) bond motifs is 2. The normalized spacial score (nSPS) is 11.5. The molecule has 0 saturated heterocycles. The van der Waals surface area contributed by atoms with Crippen LogP contribution in [-0.2, 0) is 7.05 Å². The molecule has 132 valence electrons. The largest absolute Gasteiger partial charge is 0.296 e. The molecule has 0 amide bonds. The van der Waals surface area contributed by atoms with E-state index in [0.717, 1.165) is 10.5 Å². The third-order valence-corrected chi connectivity index (χ3v) is 6.13. The lowest BCUT2D eigenvalue weighted by atomic mass is 10.1. The van der Waals surface area contributed by atoms with Crippen molar-refractivity contribution in [3.8, 4) is 17.1 Å². The molecule has 0 fully saturated rings. The zero-order valence-electron chi connectivity index (χ0n) is 15.6. The van der Waals surface area contributed by atoms with Crippen molar-refractivity contribution >= 4 is 32.6 Å². The van der Waals surface area contributed by atoms with E-state index < -0.39 is 0 Å². The number of benzene rings is 3. The molecule has 0 atom stereocenters. The van der Waals surface area contributed by atoms with E-state index in [1.807, 2.05) is 0 Å². The Balaban J connectivity index is 1.99. The molecule has 0 spiro atoms. The summed E-state index contributed by atoms with van der Waals surface area (Å²) in [6.45, 7) is 4.27. The number of imidazole rings is 1. The van der Waals surface area contributed by atoms with E-state index >= 15 is 0 Å². The monoisotopic (exact) mass is 370 g/mol. The fourth-order valence-corrected chi connectivity index (χ4v) is 4.92. The molecule has 0 unspecified atom stereocenters. The van der Waals surface area contributed by atoms with Crippen molar-refractivity contribution in [3.63, 3.8) is 0 Å². The van der Waals surface area contributed by atoms with Gasteiger partial charge in [-0.1, -0.05) is 36.4 Å². The molecular formula is C23H20N3S+. The smallest absolute Gasteiger partial charge is 0.241 e. The zero-order valence-corrected chi connectivity index (χ0v) is 16.4. The highest BCUT2D eigenvalue weighted by atomic mass is 32.1. The van der Waals surface area contributed by atoms with Gasteiger partial charge in [0.1, 0.15) is 5.69 Å². The van der Waals surface area contributed by atoms with E-state index in [1.165, 1.54) is 38.4 Å². The van der Waals surface area contributed by atoms with Gasteiger partial charge in [0.05, 0.1) is 27.8 Å². The third kappa shape index (κ3) is 2.41. The van der Waals surface area contributed by atoms with Crippen molar-refractivity contribution in [3.05, 3.63) is 77.3 Å². The maximum atomic E-state index is 4.73. The summed E-state index contributed by atoms with van der Waals surface area (Å²) >= 11 is 1.77.